The Morgan fingerprint density at radius 2 is 2.00 bits per heavy atom. The Hall–Kier alpha value is -2.16. The van der Waals surface area contributed by atoms with E-state index in [2.05, 4.69) is 5.32 Å². The fourth-order valence-electron chi connectivity index (χ4n) is 3.28. The number of nitrogens with zero attached hydrogens (tertiary/aromatic N) is 1. The highest BCUT2D eigenvalue weighted by Gasteiger charge is 2.32. The number of amides is 1. The molecule has 0 spiro atoms. The molecule has 1 atom stereocenters. The van der Waals surface area contributed by atoms with Crippen LogP contribution in [-0.4, -0.2) is 38.8 Å². The molecule has 0 aromatic heterocycles. The molecule has 9 heteroatoms. The number of benzene rings is 2. The van der Waals surface area contributed by atoms with E-state index in [0.717, 1.165) is 0 Å². The molecule has 0 unspecified atom stereocenters. The van der Waals surface area contributed by atoms with Crippen LogP contribution in [0.1, 0.15) is 18.4 Å². The molecule has 3 rings (SSSR count). The summed E-state index contributed by atoms with van der Waals surface area (Å²) >= 11 is 6.08. The van der Waals surface area contributed by atoms with Gasteiger partial charge in [0.2, 0.25) is 15.9 Å². The average molecular weight is 441 g/mol. The number of sulfonamides is 1. The number of carbonyl (C=O) groups excluding carboxylic acids is 1. The van der Waals surface area contributed by atoms with Crippen LogP contribution >= 0.6 is 11.6 Å². The van der Waals surface area contributed by atoms with E-state index in [1.54, 1.807) is 18.2 Å². The van der Waals surface area contributed by atoms with Gasteiger partial charge in [-0.2, -0.15) is 0 Å². The molecule has 1 heterocycles. The van der Waals surface area contributed by atoms with Crippen molar-refractivity contribution in [3.05, 3.63) is 58.9 Å². The molecule has 6 nitrogen and oxygen atoms in total. The highest BCUT2D eigenvalue weighted by molar-refractivity contribution is 7.88. The first-order valence-corrected chi connectivity index (χ1v) is 11.1. The molecule has 1 fully saturated rings. The predicted octanol–water partition coefficient (Wildman–Crippen LogP) is 3.67. The number of nitrogens with one attached hydrogen (secondary N) is 1. The lowest BCUT2D eigenvalue weighted by molar-refractivity contribution is -0.120. The van der Waals surface area contributed by atoms with E-state index < -0.39 is 21.8 Å². The van der Waals surface area contributed by atoms with E-state index in [-0.39, 0.29) is 18.2 Å². The number of piperidine rings is 1. The zero-order valence-electron chi connectivity index (χ0n) is 15.9. The molecule has 1 N–H and O–H groups in total. The van der Waals surface area contributed by atoms with Crippen LogP contribution in [0.25, 0.3) is 0 Å². The van der Waals surface area contributed by atoms with E-state index in [1.165, 1.54) is 35.7 Å². The standard InChI is InChI=1S/C20H22ClFN2O4S/c1-28-19-9-8-17(11-18(19)21)23-20(25)15-3-2-10-24(12-15)29(26,27)13-14-4-6-16(22)7-5-14/h4-9,11,15H,2-3,10,12-13H2,1H3,(H,23,25)/t15-/m1/s1. The first-order valence-electron chi connectivity index (χ1n) is 9.15. The van der Waals surface area contributed by atoms with Crippen molar-refractivity contribution in [3.63, 3.8) is 0 Å². The molecular weight excluding hydrogens is 419 g/mol. The number of carbonyl (C=O) groups is 1. The Morgan fingerprint density at radius 3 is 2.66 bits per heavy atom. The first-order chi connectivity index (χ1) is 13.8. The Bertz CT molecular complexity index is 982. The minimum Gasteiger partial charge on any atom is -0.495 e. The summed E-state index contributed by atoms with van der Waals surface area (Å²) in [5.41, 5.74) is 1.03. The Balaban J connectivity index is 1.65. The fourth-order valence-corrected chi connectivity index (χ4v) is 5.15. The average Bonchev–Trinajstić information content (AvgIpc) is 2.70. The monoisotopic (exact) mass is 440 g/mol. The molecule has 0 radical (unpaired) electrons. The van der Waals surface area contributed by atoms with E-state index in [9.17, 15) is 17.6 Å². The predicted molar refractivity (Wildman–Crippen MR) is 110 cm³/mol. The lowest BCUT2D eigenvalue weighted by Gasteiger charge is -2.31. The van der Waals surface area contributed by atoms with Crippen molar-refractivity contribution >= 4 is 33.2 Å². The summed E-state index contributed by atoms with van der Waals surface area (Å²) in [7, 11) is -2.11. The third-order valence-electron chi connectivity index (χ3n) is 4.83. The van der Waals surface area contributed by atoms with Gasteiger partial charge in [-0.1, -0.05) is 23.7 Å². The minimum absolute atomic E-state index is 0.110. The van der Waals surface area contributed by atoms with Crippen LogP contribution in [0.15, 0.2) is 42.5 Å². The Labute approximate surface area is 174 Å². The van der Waals surface area contributed by atoms with Gasteiger partial charge in [0.1, 0.15) is 11.6 Å². The van der Waals surface area contributed by atoms with Gasteiger partial charge in [-0.15, -0.1) is 0 Å². The second-order valence-electron chi connectivity index (χ2n) is 6.92. The summed E-state index contributed by atoms with van der Waals surface area (Å²) in [5.74, 6) is -0.865. The molecule has 1 aliphatic rings. The summed E-state index contributed by atoms with van der Waals surface area (Å²) in [6, 6.07) is 10.3. The zero-order valence-corrected chi connectivity index (χ0v) is 17.5. The van der Waals surface area contributed by atoms with Crippen molar-refractivity contribution in [1.82, 2.24) is 4.31 Å². The highest BCUT2D eigenvalue weighted by atomic mass is 35.5. The van der Waals surface area contributed by atoms with Crippen molar-refractivity contribution in [3.8, 4) is 5.75 Å². The van der Waals surface area contributed by atoms with Crippen LogP contribution in [0.4, 0.5) is 10.1 Å². The molecule has 1 amide bonds. The fraction of sp³-hybridized carbons (Fsp3) is 0.350. The van der Waals surface area contributed by atoms with Gasteiger partial charge in [0, 0.05) is 18.8 Å². The molecular formula is C20H22ClFN2O4S. The van der Waals surface area contributed by atoms with Gasteiger partial charge in [-0.3, -0.25) is 4.79 Å². The van der Waals surface area contributed by atoms with Gasteiger partial charge < -0.3 is 10.1 Å². The van der Waals surface area contributed by atoms with Gasteiger partial charge >= 0.3 is 0 Å². The van der Waals surface area contributed by atoms with Crippen LogP contribution in [0.2, 0.25) is 5.02 Å². The van der Waals surface area contributed by atoms with Crippen LogP contribution in [0, 0.1) is 11.7 Å². The maximum absolute atomic E-state index is 13.0. The van der Waals surface area contributed by atoms with Gasteiger partial charge in [-0.25, -0.2) is 17.1 Å². The van der Waals surface area contributed by atoms with Crippen molar-refractivity contribution in [2.75, 3.05) is 25.5 Å². The third kappa shape index (κ3) is 5.46. The maximum atomic E-state index is 13.0. The summed E-state index contributed by atoms with van der Waals surface area (Å²) < 4.78 is 45.0. The largest absolute Gasteiger partial charge is 0.495 e. The normalized spacial score (nSPS) is 17.7. The van der Waals surface area contributed by atoms with E-state index in [4.69, 9.17) is 16.3 Å². The number of hydrogen-bond donors (Lipinski definition) is 1. The Morgan fingerprint density at radius 1 is 1.28 bits per heavy atom. The van der Waals surface area contributed by atoms with E-state index >= 15 is 0 Å². The number of halogens is 2. The van der Waals surface area contributed by atoms with Gasteiger partial charge in [-0.05, 0) is 48.7 Å². The van der Waals surface area contributed by atoms with Crippen molar-refractivity contribution in [1.29, 1.82) is 0 Å². The minimum atomic E-state index is -3.61. The molecule has 0 aliphatic carbocycles. The third-order valence-corrected chi connectivity index (χ3v) is 6.94. The number of hydrogen-bond acceptors (Lipinski definition) is 4. The molecule has 1 aliphatic heterocycles. The summed E-state index contributed by atoms with van der Waals surface area (Å²) in [6.45, 7) is 0.473. The van der Waals surface area contributed by atoms with Gasteiger partial charge in [0.25, 0.3) is 0 Å². The second-order valence-corrected chi connectivity index (χ2v) is 9.29. The number of rotatable bonds is 6. The van der Waals surface area contributed by atoms with Crippen molar-refractivity contribution in [2.24, 2.45) is 5.92 Å². The Kier molecular flexibility index (Phi) is 6.77. The maximum Gasteiger partial charge on any atom is 0.228 e. The van der Waals surface area contributed by atoms with Crippen LogP contribution in [-0.2, 0) is 20.6 Å². The number of anilines is 1. The number of methoxy groups -OCH3 is 1. The summed E-state index contributed by atoms with van der Waals surface area (Å²) in [4.78, 5) is 12.7. The SMILES string of the molecule is COc1ccc(NC(=O)[C@@H]2CCCN(S(=O)(=O)Cc3ccc(F)cc3)C2)cc1Cl. The molecule has 156 valence electrons. The lowest BCUT2D eigenvalue weighted by atomic mass is 9.98. The smallest absolute Gasteiger partial charge is 0.228 e. The summed E-state index contributed by atoms with van der Waals surface area (Å²) in [5, 5.41) is 3.16. The van der Waals surface area contributed by atoms with Crippen LogP contribution in [0.3, 0.4) is 0 Å². The molecule has 2 aromatic carbocycles. The van der Waals surface area contributed by atoms with Crippen molar-refractivity contribution < 1.29 is 22.3 Å². The van der Waals surface area contributed by atoms with Crippen LogP contribution < -0.4 is 10.1 Å². The zero-order chi connectivity index (χ0) is 21.0. The quantitative estimate of drug-likeness (QED) is 0.743. The van der Waals surface area contributed by atoms with Crippen LogP contribution in [0.5, 0.6) is 5.75 Å². The molecule has 0 bridgehead atoms. The van der Waals surface area contributed by atoms with Crippen molar-refractivity contribution in [2.45, 2.75) is 18.6 Å². The second kappa shape index (κ2) is 9.11. The number of ether oxygens (including phenoxy) is 1. The van der Waals surface area contributed by atoms with Gasteiger partial charge in [0.15, 0.2) is 0 Å². The molecule has 2 aromatic rings. The molecule has 1 saturated heterocycles. The first kappa shape index (κ1) is 21.5. The van der Waals surface area contributed by atoms with E-state index in [1.807, 2.05) is 0 Å². The highest BCUT2D eigenvalue weighted by Crippen LogP contribution is 2.28. The molecule has 29 heavy (non-hydrogen) atoms. The topological polar surface area (TPSA) is 75.7 Å². The molecule has 0 saturated carbocycles. The lowest BCUT2D eigenvalue weighted by Crippen LogP contribution is -2.44. The van der Waals surface area contributed by atoms with Gasteiger partial charge in [0.05, 0.1) is 23.8 Å². The summed E-state index contributed by atoms with van der Waals surface area (Å²) in [6.07, 6.45) is 1.18. The van der Waals surface area contributed by atoms with E-state index in [0.29, 0.717) is 41.4 Å².